The van der Waals surface area contributed by atoms with E-state index >= 15 is 0 Å². The highest BCUT2D eigenvalue weighted by Crippen LogP contribution is 2.27. The van der Waals surface area contributed by atoms with Gasteiger partial charge in [-0.15, -0.1) is 0 Å². The number of hydrogen-bond acceptors (Lipinski definition) is 5. The van der Waals surface area contributed by atoms with Crippen molar-refractivity contribution in [2.24, 2.45) is 5.16 Å². The Labute approximate surface area is 166 Å². The van der Waals surface area contributed by atoms with E-state index in [1.807, 2.05) is 19.9 Å². The van der Waals surface area contributed by atoms with Gasteiger partial charge in [0.05, 0.1) is 16.4 Å². The summed E-state index contributed by atoms with van der Waals surface area (Å²) in [4.78, 5) is 29.3. The monoisotopic (exact) mass is 404 g/mol. The zero-order valence-corrected chi connectivity index (χ0v) is 16.0. The lowest BCUT2D eigenvalue weighted by Crippen LogP contribution is -2.28. The molecule has 28 heavy (non-hydrogen) atoms. The van der Waals surface area contributed by atoms with E-state index in [9.17, 15) is 14.0 Å². The number of hydrogen-bond donors (Lipinski definition) is 1. The maximum absolute atomic E-state index is 13.3. The Hall–Kier alpha value is -2.93. The Kier molecular flexibility index (Phi) is 5.94. The van der Waals surface area contributed by atoms with E-state index in [0.29, 0.717) is 22.0 Å². The Morgan fingerprint density at radius 2 is 2.11 bits per heavy atom. The number of ether oxygens (including phenoxy) is 1. The molecule has 2 aromatic rings. The summed E-state index contributed by atoms with van der Waals surface area (Å²) in [6.07, 6.45) is -0.844. The lowest BCUT2D eigenvalue weighted by Gasteiger charge is -2.12. The SMILES string of the molecule is Cc1cc(C)c(NC(=O)COC(=O)C2CC(c3cccc(F)c3)=NO2)c(Cl)c1. The summed E-state index contributed by atoms with van der Waals surface area (Å²) < 4.78 is 18.3. The maximum Gasteiger partial charge on any atom is 0.351 e. The summed E-state index contributed by atoms with van der Waals surface area (Å²) in [7, 11) is 0. The minimum absolute atomic E-state index is 0.132. The van der Waals surface area contributed by atoms with Crippen LogP contribution >= 0.6 is 11.6 Å². The van der Waals surface area contributed by atoms with Gasteiger partial charge in [0.25, 0.3) is 5.91 Å². The van der Waals surface area contributed by atoms with Crippen LogP contribution in [0, 0.1) is 19.7 Å². The van der Waals surface area contributed by atoms with E-state index in [1.54, 1.807) is 18.2 Å². The van der Waals surface area contributed by atoms with Crippen LogP contribution in [-0.2, 0) is 19.2 Å². The van der Waals surface area contributed by atoms with Crippen LogP contribution in [0.3, 0.4) is 0 Å². The van der Waals surface area contributed by atoms with E-state index in [-0.39, 0.29) is 6.42 Å². The van der Waals surface area contributed by atoms with Gasteiger partial charge in [0.2, 0.25) is 6.10 Å². The molecule has 1 atom stereocenters. The lowest BCUT2D eigenvalue weighted by molar-refractivity contribution is -0.157. The number of rotatable bonds is 5. The van der Waals surface area contributed by atoms with Crippen molar-refractivity contribution in [3.63, 3.8) is 0 Å². The number of carbonyl (C=O) groups excluding carboxylic acids is 2. The first-order valence-corrected chi connectivity index (χ1v) is 8.93. The molecular formula is C20H18ClFN2O4. The number of esters is 1. The quantitative estimate of drug-likeness (QED) is 0.769. The van der Waals surface area contributed by atoms with Crippen molar-refractivity contribution in [2.75, 3.05) is 11.9 Å². The van der Waals surface area contributed by atoms with Crippen LogP contribution in [0.5, 0.6) is 0 Å². The molecule has 0 radical (unpaired) electrons. The molecule has 1 N–H and O–H groups in total. The Morgan fingerprint density at radius 3 is 2.82 bits per heavy atom. The van der Waals surface area contributed by atoms with Gasteiger partial charge in [0.15, 0.2) is 6.61 Å². The van der Waals surface area contributed by atoms with Gasteiger partial charge >= 0.3 is 5.97 Å². The molecule has 0 spiro atoms. The second-order valence-electron chi connectivity index (χ2n) is 6.44. The third-order valence-electron chi connectivity index (χ3n) is 4.13. The molecule has 1 aliphatic heterocycles. The van der Waals surface area contributed by atoms with Gasteiger partial charge in [-0.05, 0) is 43.2 Å². The number of nitrogens with zero attached hydrogens (tertiary/aromatic N) is 1. The molecular weight excluding hydrogens is 387 g/mol. The molecule has 146 valence electrons. The predicted octanol–water partition coefficient (Wildman–Crippen LogP) is 3.77. The smallest absolute Gasteiger partial charge is 0.351 e. The minimum atomic E-state index is -0.976. The Morgan fingerprint density at radius 1 is 1.32 bits per heavy atom. The average molecular weight is 405 g/mol. The van der Waals surface area contributed by atoms with Gasteiger partial charge in [-0.25, -0.2) is 9.18 Å². The average Bonchev–Trinajstić information content (AvgIpc) is 3.13. The zero-order chi connectivity index (χ0) is 20.3. The first kappa shape index (κ1) is 19.8. The number of carbonyl (C=O) groups is 2. The number of anilines is 1. The summed E-state index contributed by atoms with van der Waals surface area (Å²) in [6, 6.07) is 9.43. The fraction of sp³-hybridized carbons (Fsp3) is 0.250. The number of oxime groups is 1. The third-order valence-corrected chi connectivity index (χ3v) is 4.43. The molecule has 0 aliphatic carbocycles. The summed E-state index contributed by atoms with van der Waals surface area (Å²) in [6.45, 7) is 3.23. The molecule has 0 saturated carbocycles. The fourth-order valence-corrected chi connectivity index (χ4v) is 3.19. The van der Waals surface area contributed by atoms with E-state index < -0.39 is 30.4 Å². The van der Waals surface area contributed by atoms with Gasteiger partial charge in [0.1, 0.15) is 5.82 Å². The van der Waals surface area contributed by atoms with E-state index in [4.69, 9.17) is 21.2 Å². The highest BCUT2D eigenvalue weighted by atomic mass is 35.5. The Bertz CT molecular complexity index is 938. The van der Waals surface area contributed by atoms with Crippen LogP contribution in [0.15, 0.2) is 41.6 Å². The predicted molar refractivity (Wildman–Crippen MR) is 103 cm³/mol. The molecule has 1 unspecified atom stereocenters. The van der Waals surface area contributed by atoms with Crippen molar-refractivity contribution >= 4 is 34.9 Å². The molecule has 0 bridgehead atoms. The van der Waals surface area contributed by atoms with Crippen LogP contribution in [0.25, 0.3) is 0 Å². The summed E-state index contributed by atoms with van der Waals surface area (Å²) in [5.74, 6) is -1.66. The minimum Gasteiger partial charge on any atom is -0.453 e. The van der Waals surface area contributed by atoms with Crippen molar-refractivity contribution in [3.8, 4) is 0 Å². The van der Waals surface area contributed by atoms with Crippen LogP contribution in [0.2, 0.25) is 5.02 Å². The van der Waals surface area contributed by atoms with Crippen LogP contribution in [-0.4, -0.2) is 30.3 Å². The van der Waals surface area contributed by atoms with Gasteiger partial charge in [-0.1, -0.05) is 35.0 Å². The van der Waals surface area contributed by atoms with Gasteiger partial charge < -0.3 is 14.9 Å². The second-order valence-corrected chi connectivity index (χ2v) is 6.85. The van der Waals surface area contributed by atoms with Crippen molar-refractivity contribution in [3.05, 3.63) is 63.9 Å². The van der Waals surface area contributed by atoms with Crippen LogP contribution < -0.4 is 5.32 Å². The molecule has 6 nitrogen and oxygen atoms in total. The van der Waals surface area contributed by atoms with Crippen molar-refractivity contribution in [1.82, 2.24) is 0 Å². The van der Waals surface area contributed by atoms with Gasteiger partial charge in [-0.3, -0.25) is 4.79 Å². The number of amides is 1. The highest BCUT2D eigenvalue weighted by Gasteiger charge is 2.31. The molecule has 1 aliphatic rings. The molecule has 0 fully saturated rings. The van der Waals surface area contributed by atoms with E-state index in [2.05, 4.69) is 10.5 Å². The van der Waals surface area contributed by atoms with Crippen molar-refractivity contribution < 1.29 is 23.6 Å². The largest absolute Gasteiger partial charge is 0.453 e. The molecule has 0 saturated heterocycles. The Balaban J connectivity index is 1.52. The topological polar surface area (TPSA) is 77.0 Å². The molecule has 1 heterocycles. The number of aryl methyl sites for hydroxylation is 2. The summed E-state index contributed by atoms with van der Waals surface area (Å²) in [5.41, 5.74) is 3.21. The van der Waals surface area contributed by atoms with Crippen LogP contribution in [0.1, 0.15) is 23.1 Å². The van der Waals surface area contributed by atoms with Crippen LogP contribution in [0.4, 0.5) is 10.1 Å². The number of benzene rings is 2. The van der Waals surface area contributed by atoms with Gasteiger partial charge in [-0.2, -0.15) is 0 Å². The van der Waals surface area contributed by atoms with Crippen molar-refractivity contribution in [1.29, 1.82) is 0 Å². The first-order valence-electron chi connectivity index (χ1n) is 8.55. The highest BCUT2D eigenvalue weighted by molar-refractivity contribution is 6.34. The number of nitrogens with one attached hydrogen (secondary N) is 1. The maximum atomic E-state index is 13.3. The molecule has 0 aromatic heterocycles. The zero-order valence-electron chi connectivity index (χ0n) is 15.3. The molecule has 2 aromatic carbocycles. The summed E-state index contributed by atoms with van der Waals surface area (Å²) in [5, 5.41) is 6.85. The lowest BCUT2D eigenvalue weighted by atomic mass is 10.1. The number of halogens is 2. The molecule has 3 rings (SSSR count). The van der Waals surface area contributed by atoms with E-state index in [0.717, 1.165) is 11.1 Å². The summed E-state index contributed by atoms with van der Waals surface area (Å²) >= 11 is 6.15. The molecule has 8 heteroatoms. The third kappa shape index (κ3) is 4.67. The molecule has 1 amide bonds. The second kappa shape index (κ2) is 8.39. The normalized spacial score (nSPS) is 15.6. The van der Waals surface area contributed by atoms with Crippen molar-refractivity contribution in [2.45, 2.75) is 26.4 Å². The van der Waals surface area contributed by atoms with Gasteiger partial charge in [0, 0.05) is 12.0 Å². The first-order chi connectivity index (χ1) is 13.3. The fourth-order valence-electron chi connectivity index (χ4n) is 2.82. The van der Waals surface area contributed by atoms with E-state index in [1.165, 1.54) is 12.1 Å². The standard InChI is InChI=1S/C20H18ClFN2O4/c1-11-6-12(2)19(15(21)7-11)23-18(25)10-27-20(26)17-9-16(24-28-17)13-4-3-5-14(22)8-13/h3-8,17H,9-10H2,1-2H3,(H,23,25).